The van der Waals surface area contributed by atoms with Crippen LogP contribution < -0.4 is 5.69 Å². The topological polar surface area (TPSA) is 73.5 Å². The molecular weight excluding hydrogens is 346 g/mol. The number of aromatic nitrogens is 2. The molecule has 2 aromatic rings. The normalized spacial score (nSPS) is 17.5. The number of amides is 1. The molecule has 146 valence electrons. The van der Waals surface area contributed by atoms with Crippen molar-refractivity contribution in [3.8, 4) is 0 Å². The second kappa shape index (κ2) is 7.21. The predicted octanol–water partition coefficient (Wildman–Crippen LogP) is 2.16. The van der Waals surface area contributed by atoms with Gasteiger partial charge in [0.25, 0.3) is 0 Å². The number of nitrogens with zero attached hydrogens (tertiary/aromatic N) is 3. The molecule has 1 aliphatic heterocycles. The maximum Gasteiger partial charge on any atom is 0.329 e. The molecule has 0 radical (unpaired) electrons. The van der Waals surface area contributed by atoms with E-state index in [1.807, 2.05) is 52.0 Å². The number of para-hydroxylation sites is 2. The summed E-state index contributed by atoms with van der Waals surface area (Å²) < 4.78 is 8.60. The molecule has 1 fully saturated rings. The number of benzene rings is 1. The largest absolute Gasteiger partial charge is 0.458 e. The average molecular weight is 373 g/mol. The molecule has 1 aromatic carbocycles. The Bertz CT molecular complexity index is 919. The van der Waals surface area contributed by atoms with Gasteiger partial charge in [0.05, 0.1) is 11.0 Å². The minimum absolute atomic E-state index is 0.0777. The van der Waals surface area contributed by atoms with E-state index in [1.54, 1.807) is 9.47 Å². The van der Waals surface area contributed by atoms with Gasteiger partial charge >= 0.3 is 11.7 Å². The fraction of sp³-hybridized carbons (Fsp3) is 0.550. The molecular formula is C20H27N3O4. The zero-order valence-electron chi connectivity index (χ0n) is 16.4. The van der Waals surface area contributed by atoms with Crippen molar-refractivity contribution in [3.05, 3.63) is 34.7 Å². The number of likely N-dealkylation sites (tertiary alicyclic amines) is 1. The van der Waals surface area contributed by atoms with Crippen molar-refractivity contribution in [2.75, 3.05) is 6.54 Å². The Labute approximate surface area is 158 Å². The summed E-state index contributed by atoms with van der Waals surface area (Å²) in [6, 6.07) is 6.86. The third-order valence-corrected chi connectivity index (χ3v) is 4.79. The average Bonchev–Trinajstić information content (AvgIpc) is 3.17. The summed E-state index contributed by atoms with van der Waals surface area (Å²) in [5.41, 5.74) is 0.730. The van der Waals surface area contributed by atoms with E-state index in [1.165, 1.54) is 4.57 Å². The number of fused-ring (bicyclic) bond motifs is 1. The first-order chi connectivity index (χ1) is 12.7. The van der Waals surface area contributed by atoms with E-state index in [0.717, 1.165) is 17.5 Å². The van der Waals surface area contributed by atoms with Gasteiger partial charge in [-0.05, 0) is 52.7 Å². The van der Waals surface area contributed by atoms with Crippen molar-refractivity contribution in [1.82, 2.24) is 14.0 Å². The lowest BCUT2D eigenvalue weighted by Crippen LogP contribution is -2.45. The molecule has 0 spiro atoms. The molecule has 0 bridgehead atoms. The maximum atomic E-state index is 12.9. The van der Waals surface area contributed by atoms with Gasteiger partial charge in [0.1, 0.15) is 18.2 Å². The number of esters is 1. The van der Waals surface area contributed by atoms with Crippen LogP contribution in [0.25, 0.3) is 11.0 Å². The minimum Gasteiger partial charge on any atom is -0.458 e. The van der Waals surface area contributed by atoms with Crippen LogP contribution in [0.1, 0.15) is 40.5 Å². The van der Waals surface area contributed by atoms with Gasteiger partial charge < -0.3 is 9.64 Å². The molecule has 1 amide bonds. The second-order valence-electron chi connectivity index (χ2n) is 7.88. The van der Waals surface area contributed by atoms with Crippen molar-refractivity contribution < 1.29 is 14.3 Å². The standard InChI is InChI=1S/C20H27N3O4/c1-5-21-14-9-6-7-10-15(14)23(19(21)26)13-17(24)22-12-8-11-16(22)18(25)27-20(2,3)4/h6-7,9-10,16H,5,8,11-13H2,1-4H3/t16-/m1/s1. The quantitative estimate of drug-likeness (QED) is 0.770. The monoisotopic (exact) mass is 373 g/mol. The number of aryl methyl sites for hydroxylation is 1. The number of hydrogen-bond donors (Lipinski definition) is 0. The van der Waals surface area contributed by atoms with E-state index >= 15 is 0 Å². The van der Waals surface area contributed by atoms with E-state index in [9.17, 15) is 14.4 Å². The number of carbonyl (C=O) groups is 2. The van der Waals surface area contributed by atoms with Crippen LogP contribution in [0.2, 0.25) is 0 Å². The first-order valence-electron chi connectivity index (χ1n) is 9.43. The number of rotatable bonds is 4. The van der Waals surface area contributed by atoms with E-state index in [0.29, 0.717) is 19.5 Å². The third kappa shape index (κ3) is 3.77. The molecule has 3 rings (SSSR count). The van der Waals surface area contributed by atoms with Gasteiger partial charge in [0, 0.05) is 13.1 Å². The molecule has 0 aliphatic carbocycles. The van der Waals surface area contributed by atoms with Crippen LogP contribution in [-0.2, 0) is 27.4 Å². The number of hydrogen-bond acceptors (Lipinski definition) is 4. The van der Waals surface area contributed by atoms with Crippen LogP contribution in [-0.4, -0.2) is 44.1 Å². The molecule has 0 unspecified atom stereocenters. The lowest BCUT2D eigenvalue weighted by atomic mass is 10.1. The van der Waals surface area contributed by atoms with Gasteiger partial charge in [-0.15, -0.1) is 0 Å². The Hall–Kier alpha value is -2.57. The molecule has 1 saturated heterocycles. The summed E-state index contributed by atoms with van der Waals surface area (Å²) in [5, 5.41) is 0. The molecule has 7 heteroatoms. The highest BCUT2D eigenvalue weighted by Gasteiger charge is 2.37. The van der Waals surface area contributed by atoms with Gasteiger partial charge in [-0.1, -0.05) is 12.1 Å². The minimum atomic E-state index is -0.597. The smallest absolute Gasteiger partial charge is 0.329 e. The van der Waals surface area contributed by atoms with Crippen molar-refractivity contribution >= 4 is 22.9 Å². The summed E-state index contributed by atoms with van der Waals surface area (Å²) in [4.78, 5) is 39.7. The molecule has 7 nitrogen and oxygen atoms in total. The first-order valence-corrected chi connectivity index (χ1v) is 9.43. The summed E-state index contributed by atoms with van der Waals surface area (Å²) in [6.45, 7) is 8.29. The van der Waals surface area contributed by atoms with Gasteiger partial charge in [-0.3, -0.25) is 13.9 Å². The highest BCUT2D eigenvalue weighted by molar-refractivity contribution is 5.86. The maximum absolute atomic E-state index is 12.9. The number of ether oxygens (including phenoxy) is 1. The van der Waals surface area contributed by atoms with Crippen LogP contribution in [0.4, 0.5) is 0 Å². The van der Waals surface area contributed by atoms with Gasteiger partial charge in [-0.2, -0.15) is 0 Å². The molecule has 1 aromatic heterocycles. The molecule has 0 N–H and O–H groups in total. The lowest BCUT2D eigenvalue weighted by Gasteiger charge is -2.27. The SMILES string of the molecule is CCn1c(=O)n(CC(=O)N2CCC[C@@H]2C(=O)OC(C)(C)C)c2ccccc21. The van der Waals surface area contributed by atoms with Crippen LogP contribution in [0.15, 0.2) is 29.1 Å². The van der Waals surface area contributed by atoms with E-state index < -0.39 is 11.6 Å². The molecule has 2 heterocycles. The van der Waals surface area contributed by atoms with Crippen LogP contribution in [0, 0.1) is 0 Å². The van der Waals surface area contributed by atoms with Gasteiger partial charge in [0.15, 0.2) is 0 Å². The molecule has 1 aliphatic rings. The fourth-order valence-corrected chi connectivity index (χ4v) is 3.64. The summed E-state index contributed by atoms with van der Waals surface area (Å²) >= 11 is 0. The third-order valence-electron chi connectivity index (χ3n) is 4.79. The van der Waals surface area contributed by atoms with Gasteiger partial charge in [-0.25, -0.2) is 9.59 Å². The van der Waals surface area contributed by atoms with Crippen molar-refractivity contribution in [2.24, 2.45) is 0 Å². The van der Waals surface area contributed by atoms with E-state index in [-0.39, 0.29) is 24.1 Å². The Kier molecular flexibility index (Phi) is 5.13. The molecule has 0 saturated carbocycles. The lowest BCUT2D eigenvalue weighted by molar-refractivity contribution is -0.163. The Morgan fingerprint density at radius 1 is 1.15 bits per heavy atom. The van der Waals surface area contributed by atoms with E-state index in [4.69, 9.17) is 4.74 Å². The van der Waals surface area contributed by atoms with E-state index in [2.05, 4.69) is 0 Å². The molecule has 27 heavy (non-hydrogen) atoms. The fourth-order valence-electron chi connectivity index (χ4n) is 3.64. The molecule has 1 atom stereocenters. The first kappa shape index (κ1) is 19.2. The predicted molar refractivity (Wildman–Crippen MR) is 102 cm³/mol. The van der Waals surface area contributed by atoms with Crippen LogP contribution >= 0.6 is 0 Å². The number of imidazole rings is 1. The second-order valence-corrected chi connectivity index (χ2v) is 7.88. The van der Waals surface area contributed by atoms with Crippen molar-refractivity contribution in [2.45, 2.75) is 65.3 Å². The summed E-state index contributed by atoms with van der Waals surface area (Å²) in [6.07, 6.45) is 1.34. The van der Waals surface area contributed by atoms with Crippen LogP contribution in [0.3, 0.4) is 0 Å². The Morgan fingerprint density at radius 2 is 1.78 bits per heavy atom. The summed E-state index contributed by atoms with van der Waals surface area (Å²) in [7, 11) is 0. The van der Waals surface area contributed by atoms with Crippen molar-refractivity contribution in [3.63, 3.8) is 0 Å². The van der Waals surface area contributed by atoms with Crippen LogP contribution in [0.5, 0.6) is 0 Å². The zero-order valence-corrected chi connectivity index (χ0v) is 16.4. The van der Waals surface area contributed by atoms with Gasteiger partial charge in [0.2, 0.25) is 5.91 Å². The highest BCUT2D eigenvalue weighted by Crippen LogP contribution is 2.22. The Balaban J connectivity index is 1.85. The summed E-state index contributed by atoms with van der Waals surface area (Å²) in [5.74, 6) is -0.610. The Morgan fingerprint density at radius 3 is 2.37 bits per heavy atom. The van der Waals surface area contributed by atoms with Crippen molar-refractivity contribution in [1.29, 1.82) is 0 Å². The zero-order chi connectivity index (χ0) is 19.8. The number of carbonyl (C=O) groups excluding carboxylic acids is 2. The highest BCUT2D eigenvalue weighted by atomic mass is 16.6.